The first-order valence-electron chi connectivity index (χ1n) is 5.78. The predicted octanol–water partition coefficient (Wildman–Crippen LogP) is 3.31. The Kier molecular flexibility index (Phi) is 3.63. The van der Waals surface area contributed by atoms with Crippen molar-refractivity contribution in [2.45, 2.75) is 13.5 Å². The summed E-state index contributed by atoms with van der Waals surface area (Å²) in [5.41, 5.74) is 3.54. The molecule has 3 nitrogen and oxygen atoms in total. The Hall–Kier alpha value is -2.29. The van der Waals surface area contributed by atoms with Crippen LogP contribution in [0.4, 0.5) is 5.69 Å². The van der Waals surface area contributed by atoms with Gasteiger partial charge >= 0.3 is 5.97 Å². The maximum absolute atomic E-state index is 10.9. The van der Waals surface area contributed by atoms with Crippen LogP contribution in [0.15, 0.2) is 48.5 Å². The molecule has 0 bridgehead atoms. The molecule has 0 amide bonds. The molecule has 0 fully saturated rings. The van der Waals surface area contributed by atoms with E-state index in [-0.39, 0.29) is 0 Å². The standard InChI is InChI=1S/C15H15NO2/c1-11-5-2-3-6-13(11)10-16-14-8-4-7-12(9-14)15(17)18/h2-9,16H,10H2,1H3,(H,17,18). The van der Waals surface area contributed by atoms with E-state index >= 15 is 0 Å². The normalized spacial score (nSPS) is 10.1. The van der Waals surface area contributed by atoms with Gasteiger partial charge in [0.25, 0.3) is 0 Å². The third-order valence-corrected chi connectivity index (χ3v) is 2.85. The smallest absolute Gasteiger partial charge is 0.335 e. The lowest BCUT2D eigenvalue weighted by Gasteiger charge is -2.09. The molecule has 3 heteroatoms. The maximum atomic E-state index is 10.9. The summed E-state index contributed by atoms with van der Waals surface area (Å²) in [6.45, 7) is 2.75. The van der Waals surface area contributed by atoms with Crippen LogP contribution in [0.25, 0.3) is 0 Å². The fourth-order valence-corrected chi connectivity index (χ4v) is 1.77. The number of rotatable bonds is 4. The molecule has 0 saturated heterocycles. The number of carboxylic acid groups (broad SMARTS) is 1. The first kappa shape index (κ1) is 12.2. The average Bonchev–Trinajstić information content (AvgIpc) is 2.38. The van der Waals surface area contributed by atoms with E-state index in [0.29, 0.717) is 12.1 Å². The van der Waals surface area contributed by atoms with E-state index in [4.69, 9.17) is 5.11 Å². The molecule has 0 heterocycles. The molecule has 92 valence electrons. The summed E-state index contributed by atoms with van der Waals surface area (Å²) >= 11 is 0. The summed E-state index contributed by atoms with van der Waals surface area (Å²) in [7, 11) is 0. The van der Waals surface area contributed by atoms with E-state index in [2.05, 4.69) is 24.4 Å². The van der Waals surface area contributed by atoms with Gasteiger partial charge < -0.3 is 10.4 Å². The second-order valence-corrected chi connectivity index (χ2v) is 4.17. The Morgan fingerprint density at radius 1 is 1.17 bits per heavy atom. The van der Waals surface area contributed by atoms with Gasteiger partial charge in [-0.05, 0) is 36.2 Å². The average molecular weight is 241 g/mol. The van der Waals surface area contributed by atoms with Crippen molar-refractivity contribution in [3.05, 3.63) is 65.2 Å². The highest BCUT2D eigenvalue weighted by atomic mass is 16.4. The summed E-state index contributed by atoms with van der Waals surface area (Å²) in [4.78, 5) is 10.9. The SMILES string of the molecule is Cc1ccccc1CNc1cccc(C(=O)O)c1. The summed E-state index contributed by atoms with van der Waals surface area (Å²) in [6.07, 6.45) is 0. The summed E-state index contributed by atoms with van der Waals surface area (Å²) in [5, 5.41) is 12.1. The van der Waals surface area contributed by atoms with E-state index in [9.17, 15) is 4.79 Å². The zero-order chi connectivity index (χ0) is 13.0. The number of nitrogens with one attached hydrogen (secondary N) is 1. The summed E-state index contributed by atoms with van der Waals surface area (Å²) in [6, 6.07) is 15.0. The first-order chi connectivity index (χ1) is 8.66. The van der Waals surface area contributed by atoms with Crippen LogP contribution in [-0.4, -0.2) is 11.1 Å². The lowest BCUT2D eigenvalue weighted by Crippen LogP contribution is -2.03. The van der Waals surface area contributed by atoms with Crippen molar-refractivity contribution in [1.29, 1.82) is 0 Å². The van der Waals surface area contributed by atoms with Crippen molar-refractivity contribution >= 4 is 11.7 Å². The minimum absolute atomic E-state index is 0.296. The van der Waals surface area contributed by atoms with Gasteiger partial charge in [0.05, 0.1) is 5.56 Å². The first-order valence-corrected chi connectivity index (χ1v) is 5.78. The highest BCUT2D eigenvalue weighted by Crippen LogP contribution is 2.14. The number of hydrogen-bond donors (Lipinski definition) is 2. The van der Waals surface area contributed by atoms with Crippen LogP contribution in [0.3, 0.4) is 0 Å². The Labute approximate surface area is 106 Å². The Balaban J connectivity index is 2.09. The maximum Gasteiger partial charge on any atom is 0.335 e. The van der Waals surface area contributed by atoms with Gasteiger partial charge in [-0.25, -0.2) is 4.79 Å². The molecular weight excluding hydrogens is 226 g/mol. The zero-order valence-corrected chi connectivity index (χ0v) is 10.2. The molecule has 0 unspecified atom stereocenters. The van der Waals surface area contributed by atoms with Crippen LogP contribution in [0.1, 0.15) is 21.5 Å². The van der Waals surface area contributed by atoms with Crippen LogP contribution in [0.5, 0.6) is 0 Å². The molecule has 2 rings (SSSR count). The fraction of sp³-hybridized carbons (Fsp3) is 0.133. The Morgan fingerprint density at radius 3 is 2.67 bits per heavy atom. The van der Waals surface area contributed by atoms with Crippen molar-refractivity contribution < 1.29 is 9.90 Å². The number of anilines is 1. The van der Waals surface area contributed by atoms with E-state index < -0.39 is 5.97 Å². The van der Waals surface area contributed by atoms with Gasteiger partial charge in [-0.2, -0.15) is 0 Å². The Bertz CT molecular complexity index is 564. The van der Waals surface area contributed by atoms with Gasteiger partial charge in [-0.3, -0.25) is 0 Å². The van der Waals surface area contributed by atoms with E-state index in [1.807, 2.05) is 18.2 Å². The van der Waals surface area contributed by atoms with E-state index in [0.717, 1.165) is 5.69 Å². The van der Waals surface area contributed by atoms with Crippen molar-refractivity contribution in [2.24, 2.45) is 0 Å². The number of carboxylic acids is 1. The van der Waals surface area contributed by atoms with E-state index in [1.165, 1.54) is 11.1 Å². The topological polar surface area (TPSA) is 49.3 Å². The lowest BCUT2D eigenvalue weighted by atomic mass is 10.1. The fourth-order valence-electron chi connectivity index (χ4n) is 1.77. The second-order valence-electron chi connectivity index (χ2n) is 4.17. The lowest BCUT2D eigenvalue weighted by molar-refractivity contribution is 0.0697. The molecule has 2 aromatic carbocycles. The molecule has 0 saturated carbocycles. The third-order valence-electron chi connectivity index (χ3n) is 2.85. The largest absolute Gasteiger partial charge is 0.478 e. The highest BCUT2D eigenvalue weighted by molar-refractivity contribution is 5.88. The quantitative estimate of drug-likeness (QED) is 0.863. The number of carbonyl (C=O) groups is 1. The predicted molar refractivity (Wildman–Crippen MR) is 71.9 cm³/mol. The minimum atomic E-state index is -0.908. The monoisotopic (exact) mass is 241 g/mol. The summed E-state index contributed by atoms with van der Waals surface area (Å²) < 4.78 is 0. The number of benzene rings is 2. The third kappa shape index (κ3) is 2.88. The van der Waals surface area contributed by atoms with Crippen molar-refractivity contribution in [1.82, 2.24) is 0 Å². The van der Waals surface area contributed by atoms with E-state index in [1.54, 1.807) is 18.2 Å². The van der Waals surface area contributed by atoms with Crippen LogP contribution < -0.4 is 5.32 Å². The number of aromatic carboxylic acids is 1. The van der Waals surface area contributed by atoms with Gasteiger partial charge in [0.15, 0.2) is 0 Å². The van der Waals surface area contributed by atoms with Crippen molar-refractivity contribution in [3.8, 4) is 0 Å². The molecule has 0 spiro atoms. The second kappa shape index (κ2) is 5.36. The van der Waals surface area contributed by atoms with Gasteiger partial charge in [-0.15, -0.1) is 0 Å². The number of hydrogen-bond acceptors (Lipinski definition) is 2. The van der Waals surface area contributed by atoms with Crippen LogP contribution in [0, 0.1) is 6.92 Å². The van der Waals surface area contributed by atoms with Crippen LogP contribution >= 0.6 is 0 Å². The minimum Gasteiger partial charge on any atom is -0.478 e. The molecule has 18 heavy (non-hydrogen) atoms. The molecular formula is C15H15NO2. The zero-order valence-electron chi connectivity index (χ0n) is 10.2. The molecule has 0 aliphatic carbocycles. The van der Waals surface area contributed by atoms with Crippen molar-refractivity contribution in [2.75, 3.05) is 5.32 Å². The summed E-state index contributed by atoms with van der Waals surface area (Å²) in [5.74, 6) is -0.908. The molecule has 0 aliphatic rings. The highest BCUT2D eigenvalue weighted by Gasteiger charge is 2.03. The van der Waals surface area contributed by atoms with Gasteiger partial charge in [0.1, 0.15) is 0 Å². The van der Waals surface area contributed by atoms with Crippen molar-refractivity contribution in [3.63, 3.8) is 0 Å². The molecule has 0 aliphatic heterocycles. The Morgan fingerprint density at radius 2 is 1.94 bits per heavy atom. The molecule has 2 N–H and O–H groups in total. The van der Waals surface area contributed by atoms with Gasteiger partial charge in [0, 0.05) is 12.2 Å². The van der Waals surface area contributed by atoms with Gasteiger partial charge in [-0.1, -0.05) is 30.3 Å². The number of aryl methyl sites for hydroxylation is 1. The van der Waals surface area contributed by atoms with Gasteiger partial charge in [0.2, 0.25) is 0 Å². The molecule has 0 atom stereocenters. The molecule has 2 aromatic rings. The van der Waals surface area contributed by atoms with Crippen LogP contribution in [-0.2, 0) is 6.54 Å². The molecule has 0 aromatic heterocycles. The van der Waals surface area contributed by atoms with Crippen LogP contribution in [0.2, 0.25) is 0 Å². The molecule has 0 radical (unpaired) electrons.